The molecular weight excluding hydrogens is 364 g/mol. The molecule has 0 unspecified atom stereocenters. The lowest BCUT2D eigenvalue weighted by molar-refractivity contribution is 0.103. The second-order valence-corrected chi connectivity index (χ2v) is 6.62. The summed E-state index contributed by atoms with van der Waals surface area (Å²) in [6.45, 7) is 2.67. The first-order valence-electron chi connectivity index (χ1n) is 7.67. The van der Waals surface area contributed by atoms with Crippen LogP contribution in [0, 0.1) is 6.92 Å². The summed E-state index contributed by atoms with van der Waals surface area (Å²) in [5.74, 6) is -0.102. The normalized spacial score (nSPS) is 10.9. The molecule has 0 aliphatic heterocycles. The minimum Gasteiger partial charge on any atom is -0.493 e. The van der Waals surface area contributed by atoms with E-state index in [4.69, 9.17) is 21.1 Å². The highest BCUT2D eigenvalue weighted by Crippen LogP contribution is 2.39. The van der Waals surface area contributed by atoms with Crippen LogP contribution in [0.4, 0.5) is 0 Å². The first kappa shape index (κ1) is 19.6. The number of aryl methyl sites for hydroxylation is 2. The van der Waals surface area contributed by atoms with E-state index in [0.29, 0.717) is 31.1 Å². The summed E-state index contributed by atoms with van der Waals surface area (Å²) in [5, 5.41) is 14.4. The van der Waals surface area contributed by atoms with Gasteiger partial charge in [0.15, 0.2) is 5.75 Å². The highest BCUT2D eigenvalue weighted by atomic mass is 35.5. The molecule has 0 spiro atoms. The van der Waals surface area contributed by atoms with Crippen LogP contribution in [-0.4, -0.2) is 47.2 Å². The highest BCUT2D eigenvalue weighted by molar-refractivity contribution is 7.98. The van der Waals surface area contributed by atoms with Crippen molar-refractivity contribution in [1.82, 2.24) is 9.78 Å². The number of nitrogens with zero attached hydrogens (tertiary/aromatic N) is 2. The SMILES string of the molecule is COCCCOc1c(SC)ccc(C(=O)c2c(C)nn(C)c2O)c1Cl. The second-order valence-electron chi connectivity index (χ2n) is 5.39. The van der Waals surface area contributed by atoms with E-state index in [-0.39, 0.29) is 27.8 Å². The van der Waals surface area contributed by atoms with Crippen LogP contribution in [0.5, 0.6) is 11.6 Å². The van der Waals surface area contributed by atoms with Crippen LogP contribution < -0.4 is 4.74 Å². The maximum atomic E-state index is 12.9. The lowest BCUT2D eigenvalue weighted by atomic mass is 10.0. The zero-order chi connectivity index (χ0) is 18.6. The van der Waals surface area contributed by atoms with Gasteiger partial charge in [0.05, 0.1) is 22.2 Å². The summed E-state index contributed by atoms with van der Waals surface area (Å²) in [6.07, 6.45) is 2.62. The Hall–Kier alpha value is -1.70. The second kappa shape index (κ2) is 8.60. The Morgan fingerprint density at radius 1 is 1.40 bits per heavy atom. The van der Waals surface area contributed by atoms with Crippen LogP contribution in [0.2, 0.25) is 5.02 Å². The van der Waals surface area contributed by atoms with Crippen molar-refractivity contribution in [3.63, 3.8) is 0 Å². The molecule has 0 amide bonds. The Labute approximate surface area is 156 Å². The molecule has 0 radical (unpaired) electrons. The molecule has 25 heavy (non-hydrogen) atoms. The average molecular weight is 385 g/mol. The summed E-state index contributed by atoms with van der Waals surface area (Å²) in [4.78, 5) is 13.7. The van der Waals surface area contributed by atoms with Crippen LogP contribution in [0.3, 0.4) is 0 Å². The maximum absolute atomic E-state index is 12.9. The van der Waals surface area contributed by atoms with Gasteiger partial charge in [-0.15, -0.1) is 11.8 Å². The number of halogens is 1. The van der Waals surface area contributed by atoms with Gasteiger partial charge < -0.3 is 14.6 Å². The molecule has 0 saturated carbocycles. The fraction of sp³-hybridized carbons (Fsp3) is 0.412. The van der Waals surface area contributed by atoms with Crippen molar-refractivity contribution in [2.24, 2.45) is 7.05 Å². The van der Waals surface area contributed by atoms with E-state index >= 15 is 0 Å². The fourth-order valence-corrected chi connectivity index (χ4v) is 3.34. The summed E-state index contributed by atoms with van der Waals surface area (Å²) < 4.78 is 12.0. The van der Waals surface area contributed by atoms with Gasteiger partial charge in [-0.05, 0) is 25.3 Å². The van der Waals surface area contributed by atoms with Crippen molar-refractivity contribution in [3.8, 4) is 11.6 Å². The van der Waals surface area contributed by atoms with Crippen molar-refractivity contribution in [2.45, 2.75) is 18.2 Å². The number of hydrogen-bond donors (Lipinski definition) is 1. The smallest absolute Gasteiger partial charge is 0.220 e. The summed E-state index contributed by atoms with van der Waals surface area (Å²) in [6, 6.07) is 3.43. The van der Waals surface area contributed by atoms with Crippen molar-refractivity contribution < 1.29 is 19.4 Å². The monoisotopic (exact) mass is 384 g/mol. The van der Waals surface area contributed by atoms with E-state index in [2.05, 4.69) is 5.10 Å². The van der Waals surface area contributed by atoms with Crippen LogP contribution in [0.15, 0.2) is 17.0 Å². The highest BCUT2D eigenvalue weighted by Gasteiger charge is 2.25. The molecule has 136 valence electrons. The average Bonchev–Trinajstić information content (AvgIpc) is 2.84. The first-order chi connectivity index (χ1) is 11.9. The number of methoxy groups -OCH3 is 1. The number of ketones is 1. The van der Waals surface area contributed by atoms with Gasteiger partial charge >= 0.3 is 0 Å². The van der Waals surface area contributed by atoms with E-state index in [9.17, 15) is 9.90 Å². The number of benzene rings is 1. The molecule has 8 heteroatoms. The molecule has 2 aromatic rings. The molecule has 2 rings (SSSR count). The molecule has 0 atom stereocenters. The molecule has 1 N–H and O–H groups in total. The molecule has 0 aliphatic rings. The van der Waals surface area contributed by atoms with Crippen LogP contribution >= 0.6 is 23.4 Å². The van der Waals surface area contributed by atoms with Crippen molar-refractivity contribution >= 4 is 29.1 Å². The number of carbonyl (C=O) groups is 1. The molecule has 0 bridgehead atoms. The van der Waals surface area contributed by atoms with Gasteiger partial charge in [-0.2, -0.15) is 5.10 Å². The molecule has 1 aromatic carbocycles. The van der Waals surface area contributed by atoms with Crippen molar-refractivity contribution in [1.29, 1.82) is 0 Å². The lowest BCUT2D eigenvalue weighted by Gasteiger charge is -2.14. The molecular formula is C17H21ClN2O4S. The fourth-order valence-electron chi connectivity index (χ4n) is 2.43. The zero-order valence-electron chi connectivity index (χ0n) is 14.6. The van der Waals surface area contributed by atoms with E-state index in [1.807, 2.05) is 6.26 Å². The number of rotatable bonds is 8. The number of carbonyl (C=O) groups excluding carboxylic acids is 1. The van der Waals surface area contributed by atoms with Crippen LogP contribution in [-0.2, 0) is 11.8 Å². The predicted molar refractivity (Wildman–Crippen MR) is 98.3 cm³/mol. The van der Waals surface area contributed by atoms with E-state index < -0.39 is 0 Å². The molecule has 0 fully saturated rings. The van der Waals surface area contributed by atoms with Gasteiger partial charge in [-0.1, -0.05) is 11.6 Å². The molecule has 0 saturated heterocycles. The number of thioether (sulfide) groups is 1. The predicted octanol–water partition coefficient (Wildman–Crippen LogP) is 3.46. The molecule has 1 heterocycles. The van der Waals surface area contributed by atoms with Crippen LogP contribution in [0.1, 0.15) is 28.0 Å². The van der Waals surface area contributed by atoms with Crippen molar-refractivity contribution in [3.05, 3.63) is 34.0 Å². The van der Waals surface area contributed by atoms with E-state index in [0.717, 1.165) is 4.90 Å². The number of hydrogen-bond acceptors (Lipinski definition) is 6. The Bertz CT molecular complexity index is 776. The molecule has 1 aromatic heterocycles. The number of aromatic nitrogens is 2. The summed E-state index contributed by atoms with van der Waals surface area (Å²) in [5.41, 5.74) is 0.858. The Morgan fingerprint density at radius 3 is 2.68 bits per heavy atom. The van der Waals surface area contributed by atoms with Gasteiger partial charge in [-0.3, -0.25) is 4.79 Å². The van der Waals surface area contributed by atoms with Gasteiger partial charge in [0, 0.05) is 32.7 Å². The third kappa shape index (κ3) is 4.11. The minimum absolute atomic E-state index is 0.145. The van der Waals surface area contributed by atoms with Gasteiger partial charge in [0.2, 0.25) is 11.7 Å². The van der Waals surface area contributed by atoms with Gasteiger partial charge in [-0.25, -0.2) is 4.68 Å². The zero-order valence-corrected chi connectivity index (χ0v) is 16.2. The standard InChI is InChI=1S/C17H21ClN2O4S/c1-10-13(17(22)20(2)19-10)15(21)11-6-7-12(25-4)16(14(11)18)24-9-5-8-23-3/h6-7,22H,5,8-9H2,1-4H3. The first-order valence-corrected chi connectivity index (χ1v) is 9.28. The molecule has 6 nitrogen and oxygen atoms in total. The van der Waals surface area contributed by atoms with E-state index in [1.54, 1.807) is 33.2 Å². The maximum Gasteiger partial charge on any atom is 0.220 e. The Balaban J connectivity index is 2.39. The largest absolute Gasteiger partial charge is 0.493 e. The minimum atomic E-state index is -0.387. The third-order valence-corrected chi connectivity index (χ3v) is 4.82. The number of aromatic hydroxyl groups is 1. The Morgan fingerprint density at radius 2 is 2.12 bits per heavy atom. The van der Waals surface area contributed by atoms with Gasteiger partial charge in [0.25, 0.3) is 0 Å². The Kier molecular flexibility index (Phi) is 6.75. The topological polar surface area (TPSA) is 73.6 Å². The van der Waals surface area contributed by atoms with Crippen LogP contribution in [0.25, 0.3) is 0 Å². The lowest BCUT2D eigenvalue weighted by Crippen LogP contribution is -2.07. The summed E-state index contributed by atoms with van der Waals surface area (Å²) in [7, 11) is 3.20. The quantitative estimate of drug-likeness (QED) is 0.427. The van der Waals surface area contributed by atoms with Crippen molar-refractivity contribution in [2.75, 3.05) is 26.6 Å². The molecule has 0 aliphatic carbocycles. The van der Waals surface area contributed by atoms with E-state index in [1.165, 1.54) is 16.4 Å². The summed E-state index contributed by atoms with van der Waals surface area (Å²) >= 11 is 7.94. The van der Waals surface area contributed by atoms with Gasteiger partial charge in [0.1, 0.15) is 5.56 Å². The third-order valence-electron chi connectivity index (χ3n) is 3.68. The number of ether oxygens (including phenoxy) is 2.